The summed E-state index contributed by atoms with van der Waals surface area (Å²) in [6.07, 6.45) is 0.709. The molecule has 0 aliphatic heterocycles. The van der Waals surface area contributed by atoms with Crippen molar-refractivity contribution >= 4 is 29.3 Å². The van der Waals surface area contributed by atoms with Gasteiger partial charge in [-0.3, -0.25) is 4.79 Å². The number of carbonyl (C=O) groups excluding carboxylic acids is 1. The van der Waals surface area contributed by atoms with Crippen LogP contribution in [-0.4, -0.2) is 28.0 Å². The van der Waals surface area contributed by atoms with E-state index in [1.165, 1.54) is 0 Å². The quantitative estimate of drug-likeness (QED) is 0.878. The Morgan fingerprint density at radius 2 is 2.15 bits per heavy atom. The summed E-state index contributed by atoms with van der Waals surface area (Å²) in [6.45, 7) is 5.20. The second-order valence-corrected chi connectivity index (χ2v) is 4.59. The van der Waals surface area contributed by atoms with E-state index in [0.29, 0.717) is 13.0 Å². The molecule has 1 heterocycles. The Kier molecular flexibility index (Phi) is 5.98. The van der Waals surface area contributed by atoms with Crippen molar-refractivity contribution < 1.29 is 4.79 Å². The topological polar surface area (TPSA) is 72.9 Å². The molecule has 6 heteroatoms. The van der Waals surface area contributed by atoms with Crippen molar-refractivity contribution in [3.05, 3.63) is 30.1 Å². The maximum absolute atomic E-state index is 11.4. The third-order valence-corrected chi connectivity index (χ3v) is 3.11. The second kappa shape index (κ2) is 7.26. The van der Waals surface area contributed by atoms with Gasteiger partial charge in [0.25, 0.3) is 0 Å². The largest absolute Gasteiger partial charge is 0.354 e. The van der Waals surface area contributed by atoms with Crippen LogP contribution in [0.1, 0.15) is 19.7 Å². The molecule has 1 aromatic carbocycles. The van der Waals surface area contributed by atoms with Crippen LogP contribution in [0.2, 0.25) is 0 Å². The van der Waals surface area contributed by atoms with Crippen LogP contribution in [0, 0.1) is 0 Å². The highest BCUT2D eigenvalue weighted by molar-refractivity contribution is 5.85. The molecule has 110 valence electrons. The maximum Gasteiger partial charge on any atom is 0.236 e. The summed E-state index contributed by atoms with van der Waals surface area (Å²) in [5.74, 6) is 0.868. The molecule has 20 heavy (non-hydrogen) atoms. The van der Waals surface area contributed by atoms with Gasteiger partial charge in [-0.1, -0.05) is 12.1 Å². The molecule has 0 fully saturated rings. The van der Waals surface area contributed by atoms with E-state index in [1.54, 1.807) is 6.92 Å². The number of para-hydroxylation sites is 2. The van der Waals surface area contributed by atoms with E-state index >= 15 is 0 Å². The van der Waals surface area contributed by atoms with Crippen LogP contribution in [0.4, 0.5) is 0 Å². The lowest BCUT2D eigenvalue weighted by Gasteiger charge is -2.08. The Bertz CT molecular complexity index is 580. The van der Waals surface area contributed by atoms with Crippen LogP contribution in [0.3, 0.4) is 0 Å². The number of aromatic nitrogens is 2. The molecule has 1 aromatic heterocycles. The van der Waals surface area contributed by atoms with Gasteiger partial charge in [0, 0.05) is 19.5 Å². The van der Waals surface area contributed by atoms with Gasteiger partial charge in [0.1, 0.15) is 5.82 Å². The molecular formula is C14H21ClN4O. The number of rotatable bonds is 5. The van der Waals surface area contributed by atoms with E-state index in [-0.39, 0.29) is 18.3 Å². The van der Waals surface area contributed by atoms with Crippen LogP contribution < -0.4 is 11.1 Å². The SMILES string of the molecule is CCn1c(CCNC(=O)C(C)N)nc2ccccc21.Cl. The van der Waals surface area contributed by atoms with E-state index in [0.717, 1.165) is 23.4 Å². The molecule has 2 rings (SSSR count). The molecular weight excluding hydrogens is 276 g/mol. The lowest BCUT2D eigenvalue weighted by Crippen LogP contribution is -2.39. The van der Waals surface area contributed by atoms with Gasteiger partial charge >= 0.3 is 0 Å². The first kappa shape index (κ1) is 16.5. The number of nitrogens with zero attached hydrogens (tertiary/aromatic N) is 2. The molecule has 0 spiro atoms. The molecule has 5 nitrogen and oxygen atoms in total. The van der Waals surface area contributed by atoms with Crippen LogP contribution >= 0.6 is 12.4 Å². The number of hydrogen-bond acceptors (Lipinski definition) is 3. The van der Waals surface area contributed by atoms with E-state index < -0.39 is 6.04 Å². The van der Waals surface area contributed by atoms with Crippen molar-refractivity contribution in [2.45, 2.75) is 32.9 Å². The summed E-state index contributed by atoms with van der Waals surface area (Å²) in [5, 5.41) is 2.81. The van der Waals surface area contributed by atoms with Gasteiger partial charge in [-0.05, 0) is 26.0 Å². The number of aryl methyl sites for hydroxylation is 1. The van der Waals surface area contributed by atoms with Crippen LogP contribution in [-0.2, 0) is 17.8 Å². The fraction of sp³-hybridized carbons (Fsp3) is 0.429. The zero-order valence-electron chi connectivity index (χ0n) is 11.8. The molecule has 0 aliphatic rings. The van der Waals surface area contributed by atoms with Gasteiger partial charge in [0.2, 0.25) is 5.91 Å². The van der Waals surface area contributed by atoms with Crippen molar-refractivity contribution in [3.8, 4) is 0 Å². The van der Waals surface area contributed by atoms with Crippen molar-refractivity contribution in [1.82, 2.24) is 14.9 Å². The normalized spacial score (nSPS) is 11.9. The highest BCUT2D eigenvalue weighted by Crippen LogP contribution is 2.15. The van der Waals surface area contributed by atoms with E-state index in [4.69, 9.17) is 5.73 Å². The molecule has 1 unspecified atom stereocenters. The first-order chi connectivity index (χ1) is 9.13. The Morgan fingerprint density at radius 3 is 2.80 bits per heavy atom. The Balaban J connectivity index is 0.00000200. The molecule has 0 radical (unpaired) electrons. The molecule has 1 amide bonds. The van der Waals surface area contributed by atoms with E-state index in [2.05, 4.69) is 27.9 Å². The van der Waals surface area contributed by atoms with Crippen LogP contribution in [0.25, 0.3) is 11.0 Å². The van der Waals surface area contributed by atoms with Gasteiger partial charge in [-0.15, -0.1) is 12.4 Å². The van der Waals surface area contributed by atoms with Gasteiger partial charge in [-0.25, -0.2) is 4.98 Å². The minimum atomic E-state index is -0.468. The van der Waals surface area contributed by atoms with Crippen molar-refractivity contribution in [3.63, 3.8) is 0 Å². The number of imidazole rings is 1. The van der Waals surface area contributed by atoms with Gasteiger partial charge in [-0.2, -0.15) is 0 Å². The fourth-order valence-corrected chi connectivity index (χ4v) is 2.13. The number of fused-ring (bicyclic) bond motifs is 1. The zero-order chi connectivity index (χ0) is 13.8. The molecule has 0 saturated carbocycles. The number of hydrogen-bond donors (Lipinski definition) is 2. The van der Waals surface area contributed by atoms with E-state index in [9.17, 15) is 4.79 Å². The third-order valence-electron chi connectivity index (χ3n) is 3.11. The minimum Gasteiger partial charge on any atom is -0.354 e. The Morgan fingerprint density at radius 1 is 1.45 bits per heavy atom. The molecule has 2 aromatic rings. The van der Waals surface area contributed by atoms with Gasteiger partial charge in [0.15, 0.2) is 0 Å². The maximum atomic E-state index is 11.4. The lowest BCUT2D eigenvalue weighted by atomic mass is 10.3. The van der Waals surface area contributed by atoms with Crippen molar-refractivity contribution in [1.29, 1.82) is 0 Å². The van der Waals surface area contributed by atoms with Gasteiger partial charge in [0.05, 0.1) is 17.1 Å². The molecule has 1 atom stereocenters. The van der Waals surface area contributed by atoms with Crippen molar-refractivity contribution in [2.75, 3.05) is 6.54 Å². The smallest absolute Gasteiger partial charge is 0.236 e. The standard InChI is InChI=1S/C14H20N4O.ClH/c1-3-18-12-7-5-4-6-11(12)17-13(18)8-9-16-14(19)10(2)15;/h4-7,10H,3,8-9,15H2,1-2H3,(H,16,19);1H. The Hall–Kier alpha value is -1.59. The molecule has 0 aliphatic carbocycles. The fourth-order valence-electron chi connectivity index (χ4n) is 2.13. The summed E-state index contributed by atoms with van der Waals surface area (Å²) in [4.78, 5) is 16.0. The lowest BCUT2D eigenvalue weighted by molar-refractivity contribution is -0.121. The molecule has 3 N–H and O–H groups in total. The number of carbonyl (C=O) groups is 1. The summed E-state index contributed by atoms with van der Waals surface area (Å²) < 4.78 is 2.17. The molecule has 0 saturated heterocycles. The summed E-state index contributed by atoms with van der Waals surface area (Å²) in [5.41, 5.74) is 7.64. The number of nitrogens with two attached hydrogens (primary N) is 1. The average Bonchev–Trinajstić information content (AvgIpc) is 2.75. The average molecular weight is 297 g/mol. The first-order valence-corrected chi connectivity index (χ1v) is 6.61. The van der Waals surface area contributed by atoms with Crippen LogP contribution in [0.15, 0.2) is 24.3 Å². The second-order valence-electron chi connectivity index (χ2n) is 4.59. The third kappa shape index (κ3) is 3.49. The van der Waals surface area contributed by atoms with E-state index in [1.807, 2.05) is 18.2 Å². The highest BCUT2D eigenvalue weighted by Gasteiger charge is 2.10. The zero-order valence-corrected chi connectivity index (χ0v) is 12.6. The minimum absolute atomic E-state index is 0. The van der Waals surface area contributed by atoms with Crippen molar-refractivity contribution in [2.24, 2.45) is 5.73 Å². The summed E-state index contributed by atoms with van der Waals surface area (Å²) >= 11 is 0. The monoisotopic (exact) mass is 296 g/mol. The first-order valence-electron chi connectivity index (χ1n) is 6.61. The number of benzene rings is 1. The predicted octanol–water partition coefficient (Wildman–Crippen LogP) is 1.48. The van der Waals surface area contributed by atoms with Gasteiger partial charge < -0.3 is 15.6 Å². The number of halogens is 1. The summed E-state index contributed by atoms with van der Waals surface area (Å²) in [7, 11) is 0. The number of nitrogens with one attached hydrogen (secondary N) is 1. The predicted molar refractivity (Wildman–Crippen MR) is 83.0 cm³/mol. The summed E-state index contributed by atoms with van der Waals surface area (Å²) in [6, 6.07) is 7.60. The van der Waals surface area contributed by atoms with Crippen LogP contribution in [0.5, 0.6) is 0 Å². The Labute approximate surface area is 125 Å². The highest BCUT2D eigenvalue weighted by atomic mass is 35.5. The molecule has 0 bridgehead atoms. The number of amides is 1.